The van der Waals surface area contributed by atoms with Crippen LogP contribution < -0.4 is 14.8 Å². The van der Waals surface area contributed by atoms with Gasteiger partial charge in [0.05, 0.1) is 13.7 Å². The van der Waals surface area contributed by atoms with Gasteiger partial charge in [-0.3, -0.25) is 5.32 Å². The van der Waals surface area contributed by atoms with Crippen LogP contribution in [0.4, 0.5) is 10.6 Å². The molecule has 2 amide bonds. The van der Waals surface area contributed by atoms with E-state index in [4.69, 9.17) is 14.0 Å². The van der Waals surface area contributed by atoms with Crippen molar-refractivity contribution in [3.05, 3.63) is 76.6 Å². The van der Waals surface area contributed by atoms with Gasteiger partial charge in [0.15, 0.2) is 5.82 Å². The summed E-state index contributed by atoms with van der Waals surface area (Å²) in [6.07, 6.45) is 3.86. The molecule has 1 aromatic heterocycles. The number of likely N-dealkylation sites (tertiary alicyclic amines) is 1. The fraction of sp³-hybridized carbons (Fsp3) is 0.357. The number of amides is 2. The number of anilines is 1. The van der Waals surface area contributed by atoms with E-state index < -0.39 is 0 Å². The number of aromatic nitrogens is 1. The summed E-state index contributed by atoms with van der Waals surface area (Å²) in [5, 5.41) is 6.80. The molecule has 1 N–H and O–H groups in total. The van der Waals surface area contributed by atoms with Crippen molar-refractivity contribution >= 4 is 17.9 Å². The molecule has 0 spiro atoms. The van der Waals surface area contributed by atoms with Crippen molar-refractivity contribution < 1.29 is 18.8 Å². The van der Waals surface area contributed by atoms with Crippen LogP contribution >= 0.6 is 0 Å². The summed E-state index contributed by atoms with van der Waals surface area (Å²) in [6.45, 7) is 7.79. The summed E-state index contributed by atoms with van der Waals surface area (Å²) in [5.74, 6) is 3.17. The molecule has 1 unspecified atom stereocenters. The lowest BCUT2D eigenvalue weighted by Gasteiger charge is -2.33. The van der Waals surface area contributed by atoms with Crippen molar-refractivity contribution in [3.8, 4) is 11.5 Å². The van der Waals surface area contributed by atoms with Gasteiger partial charge in [-0.25, -0.2) is 4.79 Å². The molecule has 1 atom stereocenters. The molecule has 3 aromatic rings. The molecule has 1 aliphatic rings. The second-order valence-corrected chi connectivity index (χ2v) is 8.98. The van der Waals surface area contributed by atoms with Crippen LogP contribution in [0.1, 0.15) is 35.8 Å². The summed E-state index contributed by atoms with van der Waals surface area (Å²) in [6, 6.07) is 16.1. The van der Waals surface area contributed by atoms with E-state index in [1.165, 1.54) is 11.1 Å². The Morgan fingerprint density at radius 1 is 1.20 bits per heavy atom. The molecule has 4 rings (SSSR count). The quantitative estimate of drug-likeness (QED) is 0.462. The third kappa shape index (κ3) is 6.23. The molecule has 0 radical (unpaired) electrons. The molecular weight excluding hydrogens is 442 g/mol. The average molecular weight is 476 g/mol. The smallest absolute Gasteiger partial charge is 0.323 e. The molecule has 0 saturated carbocycles. The van der Waals surface area contributed by atoms with E-state index in [-0.39, 0.29) is 11.9 Å². The zero-order valence-electron chi connectivity index (χ0n) is 20.8. The van der Waals surface area contributed by atoms with Crippen molar-refractivity contribution in [2.45, 2.75) is 33.6 Å². The highest BCUT2D eigenvalue weighted by Gasteiger charge is 2.25. The minimum Gasteiger partial charge on any atom is -0.497 e. The van der Waals surface area contributed by atoms with Gasteiger partial charge in [0.2, 0.25) is 0 Å². The maximum Gasteiger partial charge on any atom is 0.323 e. The Bertz CT molecular complexity index is 1200. The number of urea groups is 1. The third-order valence-electron chi connectivity index (χ3n) is 6.47. The summed E-state index contributed by atoms with van der Waals surface area (Å²) in [7, 11) is 1.68. The lowest BCUT2D eigenvalue weighted by molar-refractivity contribution is 0.197. The summed E-state index contributed by atoms with van der Waals surface area (Å²) >= 11 is 0. The van der Waals surface area contributed by atoms with Gasteiger partial charge in [0.1, 0.15) is 17.3 Å². The first-order valence-corrected chi connectivity index (χ1v) is 12.0. The lowest BCUT2D eigenvalue weighted by atomic mass is 9.91. The van der Waals surface area contributed by atoms with Gasteiger partial charge >= 0.3 is 6.03 Å². The zero-order chi connectivity index (χ0) is 24.8. The lowest BCUT2D eigenvalue weighted by Crippen LogP contribution is -2.42. The predicted molar refractivity (Wildman–Crippen MR) is 137 cm³/mol. The largest absolute Gasteiger partial charge is 0.497 e. The number of piperidine rings is 1. The van der Waals surface area contributed by atoms with Crippen LogP contribution in [0.2, 0.25) is 0 Å². The first-order chi connectivity index (χ1) is 16.9. The molecule has 1 aliphatic heterocycles. The average Bonchev–Trinajstić information content (AvgIpc) is 3.18. The summed E-state index contributed by atoms with van der Waals surface area (Å²) in [4.78, 5) is 14.5. The minimum atomic E-state index is -0.140. The molecule has 1 saturated heterocycles. The standard InChI is InChI=1S/C28H33N3O4/c1-19-18-31(28(32)29-27-20(2)21(3)35-30-27)13-11-24(19)15-23-8-6-10-26(17-23)34-14-12-22-7-5-9-25(16-22)33-4/h5-10,15-17,19H,11-14,18H2,1-4H3,(H,29,30,32)/b24-15+. The number of aryl methyl sites for hydroxylation is 1. The predicted octanol–water partition coefficient (Wildman–Crippen LogP) is 5.88. The molecule has 184 valence electrons. The third-order valence-corrected chi connectivity index (χ3v) is 6.47. The van der Waals surface area contributed by atoms with Gasteiger partial charge < -0.3 is 18.9 Å². The molecule has 2 aromatic carbocycles. The maximum absolute atomic E-state index is 12.7. The number of nitrogens with zero attached hydrogens (tertiary/aromatic N) is 2. The van der Waals surface area contributed by atoms with Crippen LogP contribution in [-0.2, 0) is 6.42 Å². The number of carbonyl (C=O) groups is 1. The normalized spacial score (nSPS) is 16.9. The molecule has 7 nitrogen and oxygen atoms in total. The van der Waals surface area contributed by atoms with Gasteiger partial charge in [0.25, 0.3) is 0 Å². The second-order valence-electron chi connectivity index (χ2n) is 8.98. The molecule has 7 heteroatoms. The Balaban J connectivity index is 1.32. The number of methoxy groups -OCH3 is 1. The first kappa shape index (κ1) is 24.4. The number of rotatable bonds is 7. The Morgan fingerprint density at radius 2 is 2.00 bits per heavy atom. The molecule has 0 bridgehead atoms. The fourth-order valence-corrected chi connectivity index (χ4v) is 4.19. The van der Waals surface area contributed by atoms with Gasteiger partial charge in [-0.2, -0.15) is 0 Å². The number of benzene rings is 2. The number of carbonyl (C=O) groups excluding carboxylic acids is 1. The Morgan fingerprint density at radius 3 is 2.74 bits per heavy atom. The SMILES string of the molecule is COc1cccc(CCOc2cccc(/C=C3\CCN(C(=O)Nc4noc(C)c4C)CC3C)c2)c1. The highest BCUT2D eigenvalue weighted by molar-refractivity contribution is 5.89. The molecule has 2 heterocycles. The zero-order valence-corrected chi connectivity index (χ0v) is 20.8. The van der Waals surface area contributed by atoms with Gasteiger partial charge in [0, 0.05) is 25.1 Å². The maximum atomic E-state index is 12.7. The van der Waals surface area contributed by atoms with Gasteiger partial charge in [-0.1, -0.05) is 48.0 Å². The second kappa shape index (κ2) is 11.1. The van der Waals surface area contributed by atoms with Crippen LogP contribution in [0.5, 0.6) is 11.5 Å². The van der Waals surface area contributed by atoms with E-state index in [1.807, 2.05) is 49.1 Å². The van der Waals surface area contributed by atoms with Gasteiger partial charge in [-0.15, -0.1) is 0 Å². The Labute approximate surface area is 206 Å². The fourth-order valence-electron chi connectivity index (χ4n) is 4.19. The van der Waals surface area contributed by atoms with Crippen LogP contribution in [0.15, 0.2) is 58.6 Å². The molecule has 35 heavy (non-hydrogen) atoms. The van der Waals surface area contributed by atoms with Crippen LogP contribution in [0, 0.1) is 19.8 Å². The number of ether oxygens (including phenoxy) is 2. The van der Waals surface area contributed by atoms with Crippen molar-refractivity contribution in [3.63, 3.8) is 0 Å². The van der Waals surface area contributed by atoms with E-state index in [0.29, 0.717) is 31.3 Å². The van der Waals surface area contributed by atoms with E-state index in [2.05, 4.69) is 41.7 Å². The van der Waals surface area contributed by atoms with Crippen molar-refractivity contribution in [2.24, 2.45) is 5.92 Å². The molecular formula is C28H33N3O4. The highest BCUT2D eigenvalue weighted by atomic mass is 16.5. The van der Waals surface area contributed by atoms with Gasteiger partial charge in [-0.05, 0) is 61.6 Å². The van der Waals surface area contributed by atoms with E-state index in [9.17, 15) is 4.79 Å². The number of hydrogen-bond acceptors (Lipinski definition) is 5. The topological polar surface area (TPSA) is 76.8 Å². The number of nitrogens with one attached hydrogen (secondary N) is 1. The van der Waals surface area contributed by atoms with Crippen molar-refractivity contribution in [2.75, 3.05) is 32.1 Å². The van der Waals surface area contributed by atoms with Crippen LogP contribution in [0.3, 0.4) is 0 Å². The first-order valence-electron chi connectivity index (χ1n) is 12.0. The summed E-state index contributed by atoms with van der Waals surface area (Å²) < 4.78 is 16.4. The summed E-state index contributed by atoms with van der Waals surface area (Å²) in [5.41, 5.74) is 4.48. The van der Waals surface area contributed by atoms with Crippen molar-refractivity contribution in [1.29, 1.82) is 0 Å². The highest BCUT2D eigenvalue weighted by Crippen LogP contribution is 2.27. The Hall–Kier alpha value is -3.74. The minimum absolute atomic E-state index is 0.140. The van der Waals surface area contributed by atoms with E-state index >= 15 is 0 Å². The molecule has 1 fully saturated rings. The van der Waals surface area contributed by atoms with Crippen LogP contribution in [0.25, 0.3) is 6.08 Å². The number of hydrogen-bond donors (Lipinski definition) is 1. The monoisotopic (exact) mass is 475 g/mol. The Kier molecular flexibility index (Phi) is 7.75. The van der Waals surface area contributed by atoms with Crippen LogP contribution in [-0.4, -0.2) is 42.9 Å². The van der Waals surface area contributed by atoms with E-state index in [0.717, 1.165) is 35.5 Å². The van der Waals surface area contributed by atoms with E-state index in [1.54, 1.807) is 7.11 Å². The van der Waals surface area contributed by atoms with Crippen molar-refractivity contribution in [1.82, 2.24) is 10.1 Å². The molecule has 0 aliphatic carbocycles.